The van der Waals surface area contributed by atoms with Gasteiger partial charge in [0.25, 0.3) is 0 Å². The van der Waals surface area contributed by atoms with E-state index in [1.54, 1.807) is 0 Å². The number of hydrogen-bond acceptors (Lipinski definition) is 6. The lowest BCUT2D eigenvalue weighted by atomic mass is 9.67. The predicted octanol–water partition coefficient (Wildman–Crippen LogP) is 3.18. The number of aliphatic hydroxyl groups excluding tert-OH is 2. The smallest absolute Gasteiger partial charge is 0.248 e. The van der Waals surface area contributed by atoms with Crippen molar-refractivity contribution >= 4 is 17.7 Å². The first-order valence-corrected chi connectivity index (χ1v) is 17.5. The Morgan fingerprint density at radius 1 is 0.771 bits per heavy atom. The number of likely N-dealkylation sites (tertiary alicyclic amines) is 3. The predicted molar refractivity (Wildman–Crippen MR) is 184 cm³/mol. The van der Waals surface area contributed by atoms with Crippen LogP contribution >= 0.6 is 0 Å². The van der Waals surface area contributed by atoms with E-state index >= 15 is 0 Å². The molecule has 0 spiro atoms. The van der Waals surface area contributed by atoms with Crippen LogP contribution in [0.3, 0.4) is 0 Å². The van der Waals surface area contributed by atoms with Crippen molar-refractivity contribution in [1.82, 2.24) is 20.0 Å². The Labute approximate surface area is 283 Å². The van der Waals surface area contributed by atoms with Crippen molar-refractivity contribution in [2.75, 3.05) is 39.3 Å². The Morgan fingerprint density at radius 2 is 1.33 bits per heavy atom. The van der Waals surface area contributed by atoms with Crippen LogP contribution in [0, 0.1) is 5.92 Å². The van der Waals surface area contributed by atoms with Crippen molar-refractivity contribution < 1.29 is 24.6 Å². The van der Waals surface area contributed by atoms with Crippen molar-refractivity contribution in [3.63, 3.8) is 0 Å². The molecule has 9 heteroatoms. The minimum absolute atomic E-state index is 0.0334. The fourth-order valence-electron chi connectivity index (χ4n) is 8.10. The lowest BCUT2D eigenvalue weighted by Crippen LogP contribution is -2.56. The Hall–Kier alpha value is -4.05. The number of carbonyl (C=O) groups excluding carboxylic acids is 3. The van der Waals surface area contributed by atoms with Gasteiger partial charge in [-0.2, -0.15) is 0 Å². The number of piperidine rings is 1. The largest absolute Gasteiger partial charge is 0.388 e. The zero-order chi connectivity index (χ0) is 33.7. The van der Waals surface area contributed by atoms with Crippen LogP contribution in [0.15, 0.2) is 91.0 Å². The molecule has 3 heterocycles. The Morgan fingerprint density at radius 3 is 1.90 bits per heavy atom. The molecule has 0 bridgehead atoms. The molecule has 1 unspecified atom stereocenters. The molecule has 3 N–H and O–H groups in total. The first-order valence-electron chi connectivity index (χ1n) is 17.5. The molecule has 48 heavy (non-hydrogen) atoms. The monoisotopic (exact) mass is 652 g/mol. The molecule has 3 amide bonds. The van der Waals surface area contributed by atoms with Gasteiger partial charge in [0.15, 0.2) is 0 Å². The van der Waals surface area contributed by atoms with Gasteiger partial charge in [-0.05, 0) is 61.4 Å². The van der Waals surface area contributed by atoms with E-state index in [2.05, 4.69) is 17.1 Å². The molecule has 9 nitrogen and oxygen atoms in total. The van der Waals surface area contributed by atoms with Crippen LogP contribution in [0.2, 0.25) is 0 Å². The minimum Gasteiger partial charge on any atom is -0.388 e. The van der Waals surface area contributed by atoms with E-state index in [0.29, 0.717) is 31.8 Å². The number of hydrogen-bond donors (Lipinski definition) is 3. The Kier molecular flexibility index (Phi) is 10.6. The summed E-state index contributed by atoms with van der Waals surface area (Å²) in [5, 5.41) is 25.2. The summed E-state index contributed by atoms with van der Waals surface area (Å²) in [7, 11) is 0. The van der Waals surface area contributed by atoms with Gasteiger partial charge in [0, 0.05) is 26.1 Å². The van der Waals surface area contributed by atoms with Crippen LogP contribution in [0.25, 0.3) is 0 Å². The Balaban J connectivity index is 1.26. The number of nitrogens with one attached hydrogen (secondary N) is 1. The summed E-state index contributed by atoms with van der Waals surface area (Å²) in [6.45, 7) is 5.91. The third-order valence-electron chi connectivity index (χ3n) is 10.7. The molecule has 3 saturated heterocycles. The van der Waals surface area contributed by atoms with Crippen molar-refractivity contribution in [3.8, 4) is 0 Å². The summed E-state index contributed by atoms with van der Waals surface area (Å²) in [6, 6.07) is 27.5. The molecular formula is C39H48N4O5. The molecule has 254 valence electrons. The molecule has 0 aliphatic carbocycles. The second-order valence-corrected chi connectivity index (χ2v) is 13.6. The van der Waals surface area contributed by atoms with Gasteiger partial charge >= 0.3 is 0 Å². The first kappa shape index (κ1) is 33.8. The number of rotatable bonds is 10. The lowest BCUT2D eigenvalue weighted by Gasteiger charge is -2.38. The maximum absolute atomic E-state index is 14.6. The highest BCUT2D eigenvalue weighted by atomic mass is 16.3. The van der Waals surface area contributed by atoms with Crippen LogP contribution < -0.4 is 5.32 Å². The Bertz CT molecular complexity index is 1440. The van der Waals surface area contributed by atoms with Gasteiger partial charge in [-0.3, -0.25) is 14.4 Å². The summed E-state index contributed by atoms with van der Waals surface area (Å²) in [6.07, 6.45) is 0.543. The number of aliphatic hydroxyl groups is 2. The van der Waals surface area contributed by atoms with Crippen molar-refractivity contribution in [2.45, 2.75) is 68.7 Å². The van der Waals surface area contributed by atoms with E-state index in [9.17, 15) is 24.6 Å². The number of β-amino-alcohol motifs (C(OH)–C–C–N with tert-alkyl or cyclic N) is 1. The standard InChI is InChI=1S/C39H48N4O5/c1-2-41-22-12-14-28(26-41)25-40-37(47)32-21-13-23-42(32)38(48)35-36(46)33(44)27-43(35)34(45)24-39(29-15-6-3-7-16-29,30-17-8-4-9-18-30)31-19-10-5-11-20-31/h3-11,15-20,28,32-33,35-36,44,46H,2,12-14,21-27H2,1H3,(H,40,47)/t28-,32?,33+,35+,36+/m1/s1. The molecule has 3 aromatic rings. The third-order valence-corrected chi connectivity index (χ3v) is 10.7. The second kappa shape index (κ2) is 15.0. The second-order valence-electron chi connectivity index (χ2n) is 13.6. The van der Waals surface area contributed by atoms with E-state index in [1.165, 1.54) is 9.80 Å². The molecule has 0 radical (unpaired) electrons. The quantitative estimate of drug-likeness (QED) is 0.290. The summed E-state index contributed by atoms with van der Waals surface area (Å²) in [5.41, 5.74) is 1.83. The SMILES string of the molecule is CCN1CCC[C@H](CNC(=O)C2CCCN2C(=O)[C@@H]2[C@@H](O)[C@@H](O)CN2C(=O)CC(c2ccccc2)(c2ccccc2)c2ccccc2)C1. The number of benzene rings is 3. The summed E-state index contributed by atoms with van der Waals surface area (Å²) in [5.74, 6) is -0.688. The normalized spacial score (nSPS) is 24.9. The van der Waals surface area contributed by atoms with E-state index < -0.39 is 35.6 Å². The number of carbonyl (C=O) groups is 3. The fraction of sp³-hybridized carbons (Fsp3) is 0.462. The van der Waals surface area contributed by atoms with Crippen LogP contribution in [-0.4, -0.2) is 106 Å². The molecular weight excluding hydrogens is 604 g/mol. The number of nitrogens with zero attached hydrogens (tertiary/aromatic N) is 3. The average molecular weight is 653 g/mol. The molecule has 3 aliphatic rings. The fourth-order valence-corrected chi connectivity index (χ4v) is 8.10. The van der Waals surface area contributed by atoms with E-state index in [-0.39, 0.29) is 24.8 Å². The first-order chi connectivity index (χ1) is 23.3. The van der Waals surface area contributed by atoms with Gasteiger partial charge in [-0.1, -0.05) is 97.9 Å². The number of amides is 3. The lowest BCUT2D eigenvalue weighted by molar-refractivity contribution is -0.149. The molecule has 0 aromatic heterocycles. The molecule has 6 rings (SSSR count). The average Bonchev–Trinajstić information content (AvgIpc) is 3.75. The zero-order valence-corrected chi connectivity index (χ0v) is 27.8. The topological polar surface area (TPSA) is 113 Å². The van der Waals surface area contributed by atoms with Crippen LogP contribution in [0.1, 0.15) is 55.7 Å². The highest BCUT2D eigenvalue weighted by Crippen LogP contribution is 2.43. The van der Waals surface area contributed by atoms with Gasteiger partial charge in [-0.15, -0.1) is 0 Å². The summed E-state index contributed by atoms with van der Waals surface area (Å²) >= 11 is 0. The van der Waals surface area contributed by atoms with E-state index in [4.69, 9.17) is 0 Å². The van der Waals surface area contributed by atoms with Gasteiger partial charge in [0.2, 0.25) is 17.7 Å². The van der Waals surface area contributed by atoms with E-state index in [1.807, 2.05) is 91.0 Å². The maximum atomic E-state index is 14.6. The van der Waals surface area contributed by atoms with Gasteiger partial charge in [0.05, 0.1) is 18.1 Å². The third kappa shape index (κ3) is 6.77. The van der Waals surface area contributed by atoms with Crippen molar-refractivity contribution in [3.05, 3.63) is 108 Å². The van der Waals surface area contributed by atoms with Crippen molar-refractivity contribution in [2.24, 2.45) is 5.92 Å². The molecule has 5 atom stereocenters. The molecule has 0 saturated carbocycles. The van der Waals surface area contributed by atoms with Gasteiger partial charge in [0.1, 0.15) is 18.2 Å². The maximum Gasteiger partial charge on any atom is 0.248 e. The van der Waals surface area contributed by atoms with Crippen LogP contribution in [-0.2, 0) is 19.8 Å². The molecule has 3 aromatic carbocycles. The van der Waals surface area contributed by atoms with Gasteiger partial charge in [-0.25, -0.2) is 0 Å². The van der Waals surface area contributed by atoms with Gasteiger partial charge < -0.3 is 30.2 Å². The van der Waals surface area contributed by atoms with Crippen LogP contribution in [0.5, 0.6) is 0 Å². The zero-order valence-electron chi connectivity index (χ0n) is 27.8. The van der Waals surface area contributed by atoms with Crippen LogP contribution in [0.4, 0.5) is 0 Å². The van der Waals surface area contributed by atoms with Crippen molar-refractivity contribution in [1.29, 1.82) is 0 Å². The highest BCUT2D eigenvalue weighted by Gasteiger charge is 2.51. The summed E-state index contributed by atoms with van der Waals surface area (Å²) < 4.78 is 0. The van der Waals surface area contributed by atoms with E-state index in [0.717, 1.165) is 49.2 Å². The highest BCUT2D eigenvalue weighted by molar-refractivity contribution is 5.94. The minimum atomic E-state index is -1.47. The summed E-state index contributed by atoms with van der Waals surface area (Å²) in [4.78, 5) is 47.6. The molecule has 3 fully saturated rings. The molecule has 3 aliphatic heterocycles.